The van der Waals surface area contributed by atoms with Crippen LogP contribution >= 0.6 is 0 Å². The molecule has 0 bridgehead atoms. The molecule has 0 spiro atoms. The van der Waals surface area contributed by atoms with E-state index in [-0.39, 0.29) is 12.6 Å². The molecule has 2 nitrogen and oxygen atoms in total. The standard InChI is InChI=1S/C9H15FO2/c1-7(5-6-10)3-4-8(2)9(11)12/h4,7H,3,5-6H2,1-2H3,(H,11,12). The minimum Gasteiger partial charge on any atom is -0.478 e. The third-order valence-corrected chi connectivity index (χ3v) is 1.77. The quantitative estimate of drug-likeness (QED) is 0.650. The van der Waals surface area contributed by atoms with Crippen LogP contribution in [0.5, 0.6) is 0 Å². The van der Waals surface area contributed by atoms with Crippen molar-refractivity contribution in [3.63, 3.8) is 0 Å². The van der Waals surface area contributed by atoms with Crippen molar-refractivity contribution in [1.82, 2.24) is 0 Å². The molecule has 0 heterocycles. The van der Waals surface area contributed by atoms with Crippen LogP contribution in [0, 0.1) is 5.92 Å². The maximum Gasteiger partial charge on any atom is 0.330 e. The van der Waals surface area contributed by atoms with Gasteiger partial charge in [-0.15, -0.1) is 0 Å². The van der Waals surface area contributed by atoms with Crippen LogP contribution in [0.1, 0.15) is 26.7 Å². The lowest BCUT2D eigenvalue weighted by molar-refractivity contribution is -0.132. The van der Waals surface area contributed by atoms with Crippen LogP contribution < -0.4 is 0 Å². The monoisotopic (exact) mass is 174 g/mol. The van der Waals surface area contributed by atoms with Crippen molar-refractivity contribution in [3.8, 4) is 0 Å². The van der Waals surface area contributed by atoms with E-state index in [9.17, 15) is 9.18 Å². The molecule has 3 heteroatoms. The fraction of sp³-hybridized carbons (Fsp3) is 0.667. The predicted molar refractivity (Wildman–Crippen MR) is 45.8 cm³/mol. The summed E-state index contributed by atoms with van der Waals surface area (Å²) in [6, 6.07) is 0. The summed E-state index contributed by atoms with van der Waals surface area (Å²) in [6.45, 7) is 3.12. The molecular weight excluding hydrogens is 159 g/mol. The zero-order valence-electron chi connectivity index (χ0n) is 7.51. The summed E-state index contributed by atoms with van der Waals surface area (Å²) >= 11 is 0. The summed E-state index contributed by atoms with van der Waals surface area (Å²) in [5.41, 5.74) is 0.334. The number of carbonyl (C=O) groups is 1. The average molecular weight is 174 g/mol. The molecule has 1 unspecified atom stereocenters. The molecule has 1 N–H and O–H groups in total. The maximum absolute atomic E-state index is 11.8. The highest BCUT2D eigenvalue weighted by Crippen LogP contribution is 2.09. The van der Waals surface area contributed by atoms with Gasteiger partial charge in [0.05, 0.1) is 6.67 Å². The first-order chi connectivity index (χ1) is 5.57. The Balaban J connectivity index is 3.79. The van der Waals surface area contributed by atoms with Crippen LogP contribution in [0.25, 0.3) is 0 Å². The first-order valence-corrected chi connectivity index (χ1v) is 4.04. The SMILES string of the molecule is CC(=CCC(C)CCF)C(=O)O. The summed E-state index contributed by atoms with van der Waals surface area (Å²) in [6.07, 6.45) is 2.79. The molecule has 70 valence electrons. The Bertz CT molecular complexity index is 175. The number of hydrogen-bond acceptors (Lipinski definition) is 1. The summed E-state index contributed by atoms with van der Waals surface area (Å²) < 4.78 is 11.8. The van der Waals surface area contributed by atoms with Crippen LogP contribution in [0.3, 0.4) is 0 Å². The number of carboxylic acid groups (broad SMARTS) is 1. The summed E-state index contributed by atoms with van der Waals surface area (Å²) in [4.78, 5) is 10.3. The third-order valence-electron chi connectivity index (χ3n) is 1.77. The van der Waals surface area contributed by atoms with Gasteiger partial charge in [-0.05, 0) is 25.7 Å². The largest absolute Gasteiger partial charge is 0.478 e. The first kappa shape index (κ1) is 11.1. The smallest absolute Gasteiger partial charge is 0.330 e. The molecule has 0 aromatic heterocycles. The van der Waals surface area contributed by atoms with Crippen LogP contribution in [-0.4, -0.2) is 17.8 Å². The number of allylic oxidation sites excluding steroid dienone is 1. The van der Waals surface area contributed by atoms with Crippen LogP contribution in [0.15, 0.2) is 11.6 Å². The number of carboxylic acids is 1. The van der Waals surface area contributed by atoms with Crippen LogP contribution in [0.4, 0.5) is 4.39 Å². The van der Waals surface area contributed by atoms with Crippen LogP contribution in [-0.2, 0) is 4.79 Å². The lowest BCUT2D eigenvalue weighted by atomic mass is 10.0. The van der Waals surface area contributed by atoms with Crippen molar-refractivity contribution < 1.29 is 14.3 Å². The van der Waals surface area contributed by atoms with E-state index in [0.717, 1.165) is 0 Å². The van der Waals surface area contributed by atoms with E-state index >= 15 is 0 Å². The molecule has 0 aliphatic carbocycles. The van der Waals surface area contributed by atoms with Gasteiger partial charge >= 0.3 is 5.97 Å². The van der Waals surface area contributed by atoms with Gasteiger partial charge in [0.25, 0.3) is 0 Å². The Morgan fingerprint density at radius 3 is 2.67 bits per heavy atom. The fourth-order valence-electron chi connectivity index (χ4n) is 0.769. The lowest BCUT2D eigenvalue weighted by Crippen LogP contribution is -1.99. The van der Waals surface area contributed by atoms with Crippen molar-refractivity contribution in [1.29, 1.82) is 0 Å². The molecule has 0 aliphatic rings. The van der Waals surface area contributed by atoms with Gasteiger partial charge in [0.15, 0.2) is 0 Å². The summed E-state index contributed by atoms with van der Waals surface area (Å²) in [5, 5.41) is 8.48. The Morgan fingerprint density at radius 2 is 2.25 bits per heavy atom. The topological polar surface area (TPSA) is 37.3 Å². The minimum atomic E-state index is -0.901. The zero-order valence-corrected chi connectivity index (χ0v) is 7.51. The molecule has 0 saturated heterocycles. The molecule has 0 amide bonds. The average Bonchev–Trinajstić information content (AvgIpc) is 2.00. The van der Waals surface area contributed by atoms with Gasteiger partial charge in [-0.3, -0.25) is 4.39 Å². The number of alkyl halides is 1. The van der Waals surface area contributed by atoms with E-state index in [2.05, 4.69) is 0 Å². The van der Waals surface area contributed by atoms with Crippen molar-refractivity contribution in [2.45, 2.75) is 26.7 Å². The maximum atomic E-state index is 11.8. The van der Waals surface area contributed by atoms with Gasteiger partial charge in [-0.1, -0.05) is 13.0 Å². The fourth-order valence-corrected chi connectivity index (χ4v) is 0.769. The zero-order chi connectivity index (χ0) is 9.56. The van der Waals surface area contributed by atoms with E-state index in [1.807, 2.05) is 6.92 Å². The molecule has 1 atom stereocenters. The molecule has 0 aromatic carbocycles. The molecule has 0 radical (unpaired) electrons. The predicted octanol–water partition coefficient (Wildman–Crippen LogP) is 2.40. The second-order valence-electron chi connectivity index (χ2n) is 3.01. The van der Waals surface area contributed by atoms with Crippen molar-refractivity contribution in [2.75, 3.05) is 6.67 Å². The third kappa shape index (κ3) is 4.88. The molecule has 0 saturated carbocycles. The van der Waals surface area contributed by atoms with E-state index in [1.54, 1.807) is 13.0 Å². The molecule has 0 aromatic rings. The van der Waals surface area contributed by atoms with Crippen molar-refractivity contribution >= 4 is 5.97 Å². The van der Waals surface area contributed by atoms with Crippen LogP contribution in [0.2, 0.25) is 0 Å². The normalized spacial score (nSPS) is 14.4. The van der Waals surface area contributed by atoms with E-state index in [4.69, 9.17) is 5.11 Å². The number of hydrogen-bond donors (Lipinski definition) is 1. The second-order valence-corrected chi connectivity index (χ2v) is 3.01. The summed E-state index contributed by atoms with van der Waals surface area (Å²) in [5.74, 6) is -0.674. The Kier molecular flexibility index (Phi) is 5.34. The van der Waals surface area contributed by atoms with Gasteiger partial charge in [0.2, 0.25) is 0 Å². The number of rotatable bonds is 5. The Labute approximate surface area is 72.1 Å². The lowest BCUT2D eigenvalue weighted by Gasteiger charge is -2.04. The van der Waals surface area contributed by atoms with Crippen molar-refractivity contribution in [3.05, 3.63) is 11.6 Å². The highest BCUT2D eigenvalue weighted by Gasteiger charge is 2.02. The molecular formula is C9H15FO2. The second kappa shape index (κ2) is 5.75. The molecule has 12 heavy (non-hydrogen) atoms. The molecule has 0 aliphatic heterocycles. The highest BCUT2D eigenvalue weighted by molar-refractivity contribution is 5.85. The summed E-state index contributed by atoms with van der Waals surface area (Å²) in [7, 11) is 0. The Hall–Kier alpha value is -0.860. The van der Waals surface area contributed by atoms with E-state index < -0.39 is 5.97 Å². The molecule has 0 fully saturated rings. The van der Waals surface area contributed by atoms with E-state index in [0.29, 0.717) is 18.4 Å². The highest BCUT2D eigenvalue weighted by atomic mass is 19.1. The van der Waals surface area contributed by atoms with Gasteiger partial charge in [-0.2, -0.15) is 0 Å². The first-order valence-electron chi connectivity index (χ1n) is 4.04. The van der Waals surface area contributed by atoms with Gasteiger partial charge in [-0.25, -0.2) is 4.79 Å². The van der Waals surface area contributed by atoms with E-state index in [1.165, 1.54) is 0 Å². The van der Waals surface area contributed by atoms with Gasteiger partial charge in [0, 0.05) is 5.57 Å². The minimum absolute atomic E-state index is 0.226. The number of halogens is 1. The van der Waals surface area contributed by atoms with Gasteiger partial charge in [0.1, 0.15) is 0 Å². The van der Waals surface area contributed by atoms with Gasteiger partial charge < -0.3 is 5.11 Å². The van der Waals surface area contributed by atoms with Crippen molar-refractivity contribution in [2.24, 2.45) is 5.92 Å². The molecule has 0 rings (SSSR count). The number of aliphatic carboxylic acids is 1. The Morgan fingerprint density at radius 1 is 1.67 bits per heavy atom.